The molecule has 0 aliphatic carbocycles. The molecule has 2 bridgehead atoms. The Balaban J connectivity index is 2.02. The van der Waals surface area contributed by atoms with Gasteiger partial charge in [0.1, 0.15) is 35.9 Å². The van der Waals surface area contributed by atoms with Gasteiger partial charge in [-0.3, -0.25) is 5.32 Å². The first kappa shape index (κ1) is 26.0. The number of nitriles is 1. The maximum atomic E-state index is 12.9. The molecule has 3 rings (SSSR count). The number of carbonyl (C=O) groups is 2. The van der Waals surface area contributed by atoms with Gasteiger partial charge in [-0.05, 0) is 31.0 Å². The van der Waals surface area contributed by atoms with Crippen LogP contribution in [0.15, 0.2) is 18.2 Å². The third-order valence-electron chi connectivity index (χ3n) is 5.46. The highest BCUT2D eigenvalue weighted by Gasteiger charge is 2.25. The summed E-state index contributed by atoms with van der Waals surface area (Å²) in [4.78, 5) is 32.1. The normalized spacial score (nSPS) is 18.0. The van der Waals surface area contributed by atoms with Crippen molar-refractivity contribution in [2.24, 2.45) is 5.73 Å². The Morgan fingerprint density at radius 3 is 2.74 bits per heavy atom. The lowest BCUT2D eigenvalue weighted by atomic mass is 10.0. The van der Waals surface area contributed by atoms with E-state index >= 15 is 0 Å². The molecule has 12 nitrogen and oxygen atoms in total. The van der Waals surface area contributed by atoms with Crippen molar-refractivity contribution in [2.75, 3.05) is 36.4 Å². The third-order valence-corrected chi connectivity index (χ3v) is 6.37. The summed E-state index contributed by atoms with van der Waals surface area (Å²) in [5.41, 5.74) is 8.11. The van der Waals surface area contributed by atoms with Crippen LogP contribution < -0.4 is 16.4 Å². The van der Waals surface area contributed by atoms with Crippen molar-refractivity contribution < 1.29 is 27.5 Å². The lowest BCUT2D eigenvalue weighted by molar-refractivity contribution is -0.144. The number of aromatic amines is 1. The molecule has 1 aromatic carbocycles. The molecule has 0 radical (unpaired) electrons. The first-order chi connectivity index (χ1) is 16.6. The lowest BCUT2D eigenvalue weighted by Crippen LogP contribution is -2.33. The number of aromatic nitrogens is 2. The lowest BCUT2D eigenvalue weighted by Gasteiger charge is -2.22. The van der Waals surface area contributed by atoms with Crippen LogP contribution in [0.2, 0.25) is 0 Å². The number of H-pyrrole nitrogens is 1. The molecule has 2 atom stereocenters. The number of imidazole rings is 1. The van der Waals surface area contributed by atoms with Crippen LogP contribution in [0.25, 0.3) is 11.3 Å². The Hall–Kier alpha value is -3.63. The molecule has 35 heavy (non-hydrogen) atoms. The smallest absolute Gasteiger partial charge is 0.411 e. The quantitative estimate of drug-likeness (QED) is 0.439. The minimum absolute atomic E-state index is 0.207. The summed E-state index contributed by atoms with van der Waals surface area (Å²) in [7, 11) is -2.06. The number of esters is 1. The number of ether oxygens (including phenoxy) is 2. The largest absolute Gasteiger partial charge is 0.463 e. The van der Waals surface area contributed by atoms with E-state index in [1.165, 1.54) is 7.11 Å². The van der Waals surface area contributed by atoms with E-state index in [9.17, 15) is 23.3 Å². The van der Waals surface area contributed by atoms with Crippen molar-refractivity contribution in [3.8, 4) is 17.3 Å². The van der Waals surface area contributed by atoms with Gasteiger partial charge in [0, 0.05) is 23.2 Å². The summed E-state index contributed by atoms with van der Waals surface area (Å²) in [5, 5.41) is 15.4. The van der Waals surface area contributed by atoms with Gasteiger partial charge in [-0.15, -0.1) is 0 Å². The van der Waals surface area contributed by atoms with Crippen molar-refractivity contribution in [1.29, 1.82) is 5.26 Å². The number of carbonyl (C=O) groups excluding carboxylic acids is 2. The summed E-state index contributed by atoms with van der Waals surface area (Å²) in [6, 6.07) is 5.69. The number of amides is 1. The molecule has 0 saturated heterocycles. The monoisotopic (exact) mass is 504 g/mol. The van der Waals surface area contributed by atoms with Gasteiger partial charge in [0.05, 0.1) is 18.9 Å². The van der Waals surface area contributed by atoms with E-state index in [-0.39, 0.29) is 18.1 Å². The predicted octanol–water partition coefficient (Wildman–Crippen LogP) is 2.07. The minimum Gasteiger partial charge on any atom is -0.463 e. The number of anilines is 2. The van der Waals surface area contributed by atoms with Crippen LogP contribution in [-0.4, -0.2) is 62.2 Å². The Morgan fingerprint density at radius 2 is 2.06 bits per heavy atom. The van der Waals surface area contributed by atoms with Gasteiger partial charge in [0.2, 0.25) is 0 Å². The second-order valence-corrected chi connectivity index (χ2v) is 10.5. The highest BCUT2D eigenvalue weighted by atomic mass is 32.2. The molecule has 1 aliphatic heterocycles. The molecule has 2 aromatic rings. The zero-order valence-electron chi connectivity index (χ0n) is 19.5. The highest BCUT2D eigenvalue weighted by Crippen LogP contribution is 2.34. The maximum absolute atomic E-state index is 12.9. The molecule has 1 aliphatic rings. The first-order valence-electron chi connectivity index (χ1n) is 11.0. The highest BCUT2D eigenvalue weighted by molar-refractivity contribution is 7.90. The summed E-state index contributed by atoms with van der Waals surface area (Å²) in [5.74, 6) is -0.418. The fourth-order valence-electron chi connectivity index (χ4n) is 3.64. The predicted molar refractivity (Wildman–Crippen MR) is 128 cm³/mol. The van der Waals surface area contributed by atoms with Crippen molar-refractivity contribution >= 4 is 33.3 Å². The number of sulfone groups is 1. The van der Waals surface area contributed by atoms with Crippen molar-refractivity contribution in [3.05, 3.63) is 29.7 Å². The van der Waals surface area contributed by atoms with Crippen LogP contribution in [0.1, 0.15) is 43.2 Å². The Labute approximate surface area is 203 Å². The van der Waals surface area contributed by atoms with Gasteiger partial charge in [0.25, 0.3) is 0 Å². The molecule has 0 spiro atoms. The molecule has 188 valence electrons. The second kappa shape index (κ2) is 11.2. The molecule has 13 heteroatoms. The number of nitrogens with zero attached hydrogens (tertiary/aromatic N) is 2. The average Bonchev–Trinajstić information content (AvgIpc) is 3.24. The Morgan fingerprint density at radius 1 is 1.31 bits per heavy atom. The van der Waals surface area contributed by atoms with Crippen molar-refractivity contribution in [2.45, 2.75) is 37.8 Å². The summed E-state index contributed by atoms with van der Waals surface area (Å²) < 4.78 is 32.7. The van der Waals surface area contributed by atoms with Crippen LogP contribution in [0, 0.1) is 11.3 Å². The molecular formula is C22H28N6O6S. The number of hydrogen-bond donors (Lipinski definition) is 4. The molecule has 0 unspecified atom stereocenters. The molecular weight excluding hydrogens is 476 g/mol. The Kier molecular flexibility index (Phi) is 8.31. The summed E-state index contributed by atoms with van der Waals surface area (Å²) in [6.07, 6.45) is 2.67. The van der Waals surface area contributed by atoms with Gasteiger partial charge in [-0.1, -0.05) is 12.8 Å². The molecule has 1 amide bonds. The molecule has 2 heterocycles. The zero-order chi connectivity index (χ0) is 25.6. The maximum Gasteiger partial charge on any atom is 0.411 e. The number of hydrogen-bond acceptors (Lipinski definition) is 10. The number of fused-ring (bicyclic) bond motifs is 4. The van der Waals surface area contributed by atoms with E-state index in [0.29, 0.717) is 54.1 Å². The second-order valence-electron chi connectivity index (χ2n) is 8.22. The van der Waals surface area contributed by atoms with Gasteiger partial charge in [-0.2, -0.15) is 5.26 Å². The number of benzene rings is 1. The van der Waals surface area contributed by atoms with Crippen LogP contribution in [-0.2, 0) is 24.1 Å². The van der Waals surface area contributed by atoms with Crippen LogP contribution >= 0.6 is 0 Å². The Bertz CT molecular complexity index is 1240. The SMILES string of the molecule is COC(=O)Nc1ccc2c(c1)N[C@@H](C(=O)OCCS(C)(=O)=O)CCCC[C@H](N)c1nc-2c(C#N)[nH]1. The summed E-state index contributed by atoms with van der Waals surface area (Å²) in [6.45, 7) is -0.265. The van der Waals surface area contributed by atoms with Gasteiger partial charge >= 0.3 is 12.1 Å². The zero-order valence-corrected chi connectivity index (χ0v) is 20.3. The van der Waals surface area contributed by atoms with Crippen molar-refractivity contribution in [1.82, 2.24) is 9.97 Å². The average molecular weight is 505 g/mol. The van der Waals surface area contributed by atoms with Crippen LogP contribution in [0.4, 0.5) is 16.2 Å². The van der Waals surface area contributed by atoms with E-state index in [2.05, 4.69) is 31.4 Å². The topological polar surface area (TPSA) is 189 Å². The minimum atomic E-state index is -3.29. The summed E-state index contributed by atoms with van der Waals surface area (Å²) >= 11 is 0. The van der Waals surface area contributed by atoms with Gasteiger partial charge < -0.3 is 25.5 Å². The van der Waals surface area contributed by atoms with E-state index in [1.54, 1.807) is 18.2 Å². The number of nitrogens with two attached hydrogens (primary N) is 1. The van der Waals surface area contributed by atoms with E-state index in [0.717, 1.165) is 6.26 Å². The fourth-order valence-corrected chi connectivity index (χ4v) is 4.03. The third kappa shape index (κ3) is 6.93. The standard InChI is InChI=1S/C22H28N6O6S/c1-33-22(30)25-13-7-8-14-17(11-13)26-16(21(29)34-9-10-35(2,31)32)6-4-3-5-15(24)20-27-18(12-23)19(14)28-20/h7-8,11,15-16,26H,3-6,9-10,24H2,1-2H3,(H,25,30)(H,27,28)/t15-,16+/m0/s1. The van der Waals surface area contributed by atoms with Crippen molar-refractivity contribution in [3.63, 3.8) is 0 Å². The molecule has 1 aromatic heterocycles. The van der Waals surface area contributed by atoms with Gasteiger partial charge in [0.15, 0.2) is 9.84 Å². The number of methoxy groups -OCH3 is 1. The van der Waals surface area contributed by atoms with Crippen LogP contribution in [0.5, 0.6) is 0 Å². The molecule has 0 saturated carbocycles. The molecule has 0 fully saturated rings. The van der Waals surface area contributed by atoms with Crippen LogP contribution in [0.3, 0.4) is 0 Å². The first-order valence-corrected chi connectivity index (χ1v) is 13.0. The van der Waals surface area contributed by atoms with E-state index in [1.807, 2.05) is 0 Å². The fraction of sp³-hybridized carbons (Fsp3) is 0.455. The number of nitrogens with one attached hydrogen (secondary N) is 3. The van der Waals surface area contributed by atoms with E-state index < -0.39 is 34.0 Å². The van der Waals surface area contributed by atoms with Gasteiger partial charge in [-0.25, -0.2) is 23.0 Å². The number of rotatable bonds is 5. The van der Waals surface area contributed by atoms with E-state index in [4.69, 9.17) is 10.5 Å². The molecule has 5 N–H and O–H groups in total.